The Bertz CT molecular complexity index is 347. The van der Waals surface area contributed by atoms with Gasteiger partial charge in [-0.25, -0.2) is 0 Å². The summed E-state index contributed by atoms with van der Waals surface area (Å²) in [7, 11) is 0. The summed E-state index contributed by atoms with van der Waals surface area (Å²) in [5.41, 5.74) is 0.0878. The topological polar surface area (TPSA) is 9.23 Å². The highest BCUT2D eigenvalue weighted by Gasteiger charge is 2.49. The fourth-order valence-corrected chi connectivity index (χ4v) is 2.38. The van der Waals surface area contributed by atoms with Crippen molar-refractivity contribution in [3.05, 3.63) is 27.8 Å². The Morgan fingerprint density at radius 1 is 1.33 bits per heavy atom. The SMILES string of the molecule is CC1(C)C(Cl)CC1Oc1ccc(I)cc1. The quantitative estimate of drug-likeness (QED) is 0.584. The molecule has 0 aliphatic heterocycles. The summed E-state index contributed by atoms with van der Waals surface area (Å²) in [5.74, 6) is 0.942. The molecule has 0 radical (unpaired) electrons. The smallest absolute Gasteiger partial charge is 0.119 e. The van der Waals surface area contributed by atoms with Gasteiger partial charge in [0, 0.05) is 20.8 Å². The molecular formula is C12H14ClIO. The Labute approximate surface area is 109 Å². The van der Waals surface area contributed by atoms with Gasteiger partial charge in [-0.2, -0.15) is 0 Å². The fourth-order valence-electron chi connectivity index (χ4n) is 1.71. The van der Waals surface area contributed by atoms with Crippen molar-refractivity contribution >= 4 is 34.2 Å². The molecule has 2 rings (SSSR count). The summed E-state index contributed by atoms with van der Waals surface area (Å²) in [6, 6.07) is 8.14. The Morgan fingerprint density at radius 3 is 2.40 bits per heavy atom. The van der Waals surface area contributed by atoms with E-state index >= 15 is 0 Å². The first-order chi connectivity index (χ1) is 7.00. The monoisotopic (exact) mass is 336 g/mol. The number of benzene rings is 1. The minimum absolute atomic E-state index is 0.0878. The van der Waals surface area contributed by atoms with Gasteiger partial charge in [0.15, 0.2) is 0 Å². The molecule has 0 amide bonds. The number of halogens is 2. The predicted octanol–water partition coefficient (Wildman–Crippen LogP) is 4.08. The summed E-state index contributed by atoms with van der Waals surface area (Å²) in [6.45, 7) is 4.32. The van der Waals surface area contributed by atoms with E-state index in [4.69, 9.17) is 16.3 Å². The van der Waals surface area contributed by atoms with Crippen LogP contribution in [0.5, 0.6) is 5.75 Å². The summed E-state index contributed by atoms with van der Waals surface area (Å²) in [6.07, 6.45) is 1.20. The molecule has 2 unspecified atom stereocenters. The van der Waals surface area contributed by atoms with Gasteiger partial charge in [0.05, 0.1) is 0 Å². The van der Waals surface area contributed by atoms with Gasteiger partial charge in [-0.3, -0.25) is 0 Å². The zero-order valence-corrected chi connectivity index (χ0v) is 11.7. The van der Waals surface area contributed by atoms with Crippen molar-refractivity contribution in [2.24, 2.45) is 5.41 Å². The maximum atomic E-state index is 6.15. The number of ether oxygens (including phenoxy) is 1. The van der Waals surface area contributed by atoms with Gasteiger partial charge >= 0.3 is 0 Å². The average Bonchev–Trinajstić information content (AvgIpc) is 2.21. The summed E-state index contributed by atoms with van der Waals surface area (Å²) >= 11 is 8.43. The van der Waals surface area contributed by atoms with Crippen LogP contribution < -0.4 is 4.74 Å². The molecule has 0 N–H and O–H groups in total. The van der Waals surface area contributed by atoms with E-state index in [1.54, 1.807) is 0 Å². The lowest BCUT2D eigenvalue weighted by Crippen LogP contribution is -2.53. The minimum atomic E-state index is 0.0878. The summed E-state index contributed by atoms with van der Waals surface area (Å²) in [4.78, 5) is 0. The molecule has 0 aromatic heterocycles. The maximum Gasteiger partial charge on any atom is 0.119 e. The highest BCUT2D eigenvalue weighted by Crippen LogP contribution is 2.46. The molecule has 1 nitrogen and oxygen atoms in total. The third kappa shape index (κ3) is 2.26. The lowest BCUT2D eigenvalue weighted by molar-refractivity contribution is -0.0130. The van der Waals surface area contributed by atoms with Crippen LogP contribution in [0.2, 0.25) is 0 Å². The molecule has 0 saturated heterocycles. The molecular weight excluding hydrogens is 322 g/mol. The molecule has 1 saturated carbocycles. The molecule has 1 aliphatic rings. The first-order valence-electron chi connectivity index (χ1n) is 5.06. The summed E-state index contributed by atoms with van der Waals surface area (Å²) in [5, 5.41) is 0.242. The average molecular weight is 337 g/mol. The van der Waals surface area contributed by atoms with Gasteiger partial charge in [-0.15, -0.1) is 11.6 Å². The van der Waals surface area contributed by atoms with Gasteiger partial charge in [0.25, 0.3) is 0 Å². The van der Waals surface area contributed by atoms with Crippen LogP contribution in [0.4, 0.5) is 0 Å². The molecule has 1 aromatic carbocycles. The summed E-state index contributed by atoms with van der Waals surface area (Å²) < 4.78 is 7.13. The van der Waals surface area contributed by atoms with Crippen molar-refractivity contribution in [3.8, 4) is 5.75 Å². The van der Waals surface area contributed by atoms with Crippen molar-refractivity contribution in [3.63, 3.8) is 0 Å². The van der Waals surface area contributed by atoms with Crippen molar-refractivity contribution in [1.82, 2.24) is 0 Å². The second-order valence-corrected chi connectivity index (χ2v) is 6.36. The largest absolute Gasteiger partial charge is 0.490 e. The zero-order chi connectivity index (χ0) is 11.1. The number of alkyl halides is 1. The minimum Gasteiger partial charge on any atom is -0.490 e. The molecule has 1 aliphatic carbocycles. The molecule has 0 bridgehead atoms. The van der Waals surface area contributed by atoms with Crippen LogP contribution >= 0.6 is 34.2 Å². The predicted molar refractivity (Wildman–Crippen MR) is 71.6 cm³/mol. The van der Waals surface area contributed by atoms with Crippen molar-refractivity contribution in [1.29, 1.82) is 0 Å². The van der Waals surface area contributed by atoms with Gasteiger partial charge in [0.1, 0.15) is 11.9 Å². The van der Waals surface area contributed by atoms with E-state index in [9.17, 15) is 0 Å². The third-order valence-electron chi connectivity index (χ3n) is 3.15. The second kappa shape index (κ2) is 4.13. The fraction of sp³-hybridized carbons (Fsp3) is 0.500. The lowest BCUT2D eigenvalue weighted by Gasteiger charge is -2.48. The highest BCUT2D eigenvalue weighted by atomic mass is 127. The number of hydrogen-bond acceptors (Lipinski definition) is 1. The maximum absolute atomic E-state index is 6.15. The first kappa shape index (κ1) is 11.5. The van der Waals surface area contributed by atoms with Crippen LogP contribution in [-0.4, -0.2) is 11.5 Å². The van der Waals surface area contributed by atoms with E-state index in [1.165, 1.54) is 3.57 Å². The van der Waals surface area contributed by atoms with Crippen molar-refractivity contribution in [2.45, 2.75) is 31.7 Å². The third-order valence-corrected chi connectivity index (χ3v) is 4.61. The molecule has 82 valence electrons. The molecule has 1 fully saturated rings. The zero-order valence-electron chi connectivity index (χ0n) is 8.84. The van der Waals surface area contributed by atoms with Crippen LogP contribution in [0.3, 0.4) is 0 Å². The Kier molecular flexibility index (Phi) is 3.17. The molecule has 0 spiro atoms. The normalized spacial score (nSPS) is 28.3. The molecule has 2 atom stereocenters. The van der Waals surface area contributed by atoms with Gasteiger partial charge in [-0.1, -0.05) is 13.8 Å². The molecule has 3 heteroatoms. The van der Waals surface area contributed by atoms with E-state index in [2.05, 4.69) is 48.6 Å². The van der Waals surface area contributed by atoms with Gasteiger partial charge < -0.3 is 4.74 Å². The molecule has 0 heterocycles. The second-order valence-electron chi connectivity index (χ2n) is 4.59. The number of hydrogen-bond donors (Lipinski definition) is 0. The lowest BCUT2D eigenvalue weighted by atomic mass is 9.68. The van der Waals surface area contributed by atoms with Crippen LogP contribution in [0.1, 0.15) is 20.3 Å². The Morgan fingerprint density at radius 2 is 1.93 bits per heavy atom. The standard InChI is InChI=1S/C12H14ClIO/c1-12(2)10(13)7-11(12)15-9-5-3-8(14)4-6-9/h3-6,10-11H,7H2,1-2H3. The van der Waals surface area contributed by atoms with Crippen LogP contribution in [0.25, 0.3) is 0 Å². The van der Waals surface area contributed by atoms with Crippen LogP contribution in [0, 0.1) is 8.99 Å². The van der Waals surface area contributed by atoms with E-state index < -0.39 is 0 Å². The van der Waals surface area contributed by atoms with Crippen LogP contribution in [0.15, 0.2) is 24.3 Å². The van der Waals surface area contributed by atoms with E-state index in [0.29, 0.717) is 0 Å². The highest BCUT2D eigenvalue weighted by molar-refractivity contribution is 14.1. The Hall–Kier alpha value is 0.0400. The van der Waals surface area contributed by atoms with Crippen molar-refractivity contribution in [2.75, 3.05) is 0 Å². The Balaban J connectivity index is 2.02. The molecule has 15 heavy (non-hydrogen) atoms. The van der Waals surface area contributed by atoms with Gasteiger partial charge in [-0.05, 0) is 46.9 Å². The van der Waals surface area contributed by atoms with Gasteiger partial charge in [0.2, 0.25) is 0 Å². The van der Waals surface area contributed by atoms with E-state index in [0.717, 1.165) is 12.2 Å². The van der Waals surface area contributed by atoms with E-state index in [-0.39, 0.29) is 16.9 Å². The first-order valence-corrected chi connectivity index (χ1v) is 6.58. The van der Waals surface area contributed by atoms with E-state index in [1.807, 2.05) is 12.1 Å². The molecule has 1 aromatic rings. The van der Waals surface area contributed by atoms with Crippen LogP contribution in [-0.2, 0) is 0 Å². The number of rotatable bonds is 2. The van der Waals surface area contributed by atoms with Crippen molar-refractivity contribution < 1.29 is 4.74 Å².